The number of nitrogens with zero attached hydrogens (tertiary/aromatic N) is 1. The number of likely N-dealkylation sites (N-methyl/N-ethyl adjacent to an activating group) is 1. The molecule has 1 N–H and O–H groups in total. The molecule has 0 rings (SSSR count). The van der Waals surface area contributed by atoms with Crippen LogP contribution in [-0.4, -0.2) is 76.7 Å². The van der Waals surface area contributed by atoms with Crippen molar-refractivity contribution < 1.29 is 32.5 Å². The lowest BCUT2D eigenvalue weighted by Crippen LogP contribution is -2.37. The third-order valence-electron chi connectivity index (χ3n) is 6.51. The fraction of sp³-hybridized carbons (Fsp3) is 0.933. The Labute approximate surface area is 235 Å². The maximum Gasteiger partial charge on any atom is 0.472 e. The second kappa shape index (κ2) is 25.7. The Balaban J connectivity index is 3.59. The minimum atomic E-state index is -4.14. The van der Waals surface area contributed by atoms with Crippen molar-refractivity contribution >= 4 is 7.82 Å². The summed E-state index contributed by atoms with van der Waals surface area (Å²) in [6.45, 7) is 4.04. The molecule has 0 aliphatic heterocycles. The number of phosphoric acid groups is 1. The topological polar surface area (TPSA) is 74.2 Å². The molecule has 1 unspecified atom stereocenters. The number of quaternary nitrogens is 1. The largest absolute Gasteiger partial charge is 0.472 e. The summed E-state index contributed by atoms with van der Waals surface area (Å²) in [5.41, 5.74) is 0. The molecule has 0 bridgehead atoms. The van der Waals surface area contributed by atoms with Crippen molar-refractivity contribution in [2.45, 2.75) is 122 Å². The van der Waals surface area contributed by atoms with Gasteiger partial charge in [0.25, 0.3) is 0 Å². The number of allylic oxidation sites excluding steroid dienone is 2. The van der Waals surface area contributed by atoms with Gasteiger partial charge in [0, 0.05) is 13.7 Å². The summed E-state index contributed by atoms with van der Waals surface area (Å²) in [5, 5.41) is 0. The molecule has 228 valence electrons. The highest BCUT2D eigenvalue weighted by Gasteiger charge is 2.27. The second-order valence-corrected chi connectivity index (χ2v) is 13.0. The van der Waals surface area contributed by atoms with E-state index in [4.69, 9.17) is 18.5 Å². The summed E-state index contributed by atoms with van der Waals surface area (Å²) in [7, 11) is 3.37. The number of hydrogen-bond acceptors (Lipinski definition) is 5. The molecule has 0 aliphatic rings. The summed E-state index contributed by atoms with van der Waals surface area (Å²) >= 11 is 0. The predicted molar refractivity (Wildman–Crippen MR) is 160 cm³/mol. The van der Waals surface area contributed by atoms with Crippen LogP contribution in [0.15, 0.2) is 12.2 Å². The lowest BCUT2D eigenvalue weighted by atomic mass is 10.1. The SMILES string of the molecule is CCCCCCCCCCC=CCCCCCCCCCOC[C@H](COC)OP(=O)(O)OCC[N+](C)(C)C. The molecule has 0 fully saturated rings. The van der Waals surface area contributed by atoms with Crippen LogP contribution < -0.4 is 0 Å². The van der Waals surface area contributed by atoms with E-state index >= 15 is 0 Å². The maximum atomic E-state index is 12.2. The third-order valence-corrected chi connectivity index (χ3v) is 7.58. The van der Waals surface area contributed by atoms with Crippen molar-refractivity contribution in [2.75, 3.05) is 61.2 Å². The van der Waals surface area contributed by atoms with E-state index in [0.717, 1.165) is 12.8 Å². The van der Waals surface area contributed by atoms with Crippen molar-refractivity contribution in [3.63, 3.8) is 0 Å². The van der Waals surface area contributed by atoms with Crippen molar-refractivity contribution in [1.29, 1.82) is 0 Å². The highest BCUT2D eigenvalue weighted by Crippen LogP contribution is 2.44. The Hall–Kier alpha value is -0.270. The van der Waals surface area contributed by atoms with Gasteiger partial charge in [0.15, 0.2) is 0 Å². The molecule has 0 aromatic rings. The van der Waals surface area contributed by atoms with Crippen molar-refractivity contribution in [1.82, 2.24) is 0 Å². The molecule has 0 heterocycles. The van der Waals surface area contributed by atoms with Crippen LogP contribution in [0.4, 0.5) is 0 Å². The van der Waals surface area contributed by atoms with Gasteiger partial charge in [-0.3, -0.25) is 9.05 Å². The van der Waals surface area contributed by atoms with E-state index in [0.29, 0.717) is 17.6 Å². The number of methoxy groups -OCH3 is 1. The second-order valence-electron chi connectivity index (χ2n) is 11.6. The van der Waals surface area contributed by atoms with Gasteiger partial charge in [-0.05, 0) is 32.1 Å². The molecule has 0 aromatic heterocycles. The van der Waals surface area contributed by atoms with E-state index in [1.165, 1.54) is 103 Å². The van der Waals surface area contributed by atoms with Crippen LogP contribution in [0.3, 0.4) is 0 Å². The Kier molecular flexibility index (Phi) is 25.5. The number of ether oxygens (including phenoxy) is 2. The zero-order chi connectivity index (χ0) is 28.4. The van der Waals surface area contributed by atoms with E-state index in [9.17, 15) is 9.46 Å². The molecule has 0 aliphatic carbocycles. The molecule has 7 nitrogen and oxygen atoms in total. The highest BCUT2D eigenvalue weighted by molar-refractivity contribution is 7.47. The summed E-state index contributed by atoms with van der Waals surface area (Å²) in [6, 6.07) is 0. The molecule has 0 saturated heterocycles. The van der Waals surface area contributed by atoms with Gasteiger partial charge >= 0.3 is 7.82 Å². The Morgan fingerprint density at radius 1 is 0.737 bits per heavy atom. The first-order valence-electron chi connectivity index (χ1n) is 15.4. The van der Waals surface area contributed by atoms with Gasteiger partial charge in [-0.1, -0.05) is 96.1 Å². The molecule has 0 saturated carbocycles. The van der Waals surface area contributed by atoms with Crippen LogP contribution in [0.5, 0.6) is 0 Å². The van der Waals surface area contributed by atoms with Crippen LogP contribution >= 0.6 is 7.82 Å². The van der Waals surface area contributed by atoms with E-state index in [1.54, 1.807) is 0 Å². The Morgan fingerprint density at radius 2 is 1.24 bits per heavy atom. The lowest BCUT2D eigenvalue weighted by Gasteiger charge is -2.25. The Bertz CT molecular complexity index is 582. The van der Waals surface area contributed by atoms with E-state index in [2.05, 4.69) is 19.1 Å². The molecule has 8 heteroatoms. The quantitative estimate of drug-likeness (QED) is 0.0429. The minimum absolute atomic E-state index is 0.147. The summed E-state index contributed by atoms with van der Waals surface area (Å²) in [5.74, 6) is 0. The lowest BCUT2D eigenvalue weighted by molar-refractivity contribution is -0.870. The number of phosphoric ester groups is 1. The van der Waals surface area contributed by atoms with Crippen molar-refractivity contribution in [3.05, 3.63) is 12.2 Å². The number of hydrogen-bond donors (Lipinski definition) is 1. The third kappa shape index (κ3) is 28.7. The first-order chi connectivity index (χ1) is 18.2. The van der Waals surface area contributed by atoms with Gasteiger partial charge in [0.1, 0.15) is 19.3 Å². The van der Waals surface area contributed by atoms with Crippen LogP contribution in [0.25, 0.3) is 0 Å². The average Bonchev–Trinajstić information content (AvgIpc) is 2.84. The van der Waals surface area contributed by atoms with Crippen LogP contribution in [0, 0.1) is 0 Å². The number of rotatable bonds is 29. The van der Waals surface area contributed by atoms with E-state index in [-0.39, 0.29) is 19.8 Å². The molecule has 0 amide bonds. The highest BCUT2D eigenvalue weighted by atomic mass is 31.2. The molecule has 38 heavy (non-hydrogen) atoms. The fourth-order valence-corrected chi connectivity index (χ4v) is 5.01. The summed E-state index contributed by atoms with van der Waals surface area (Å²) in [4.78, 5) is 9.97. The van der Waals surface area contributed by atoms with Crippen LogP contribution in [-0.2, 0) is 23.1 Å². The zero-order valence-electron chi connectivity index (χ0n) is 25.7. The predicted octanol–water partition coefficient (Wildman–Crippen LogP) is 8.07. The maximum absolute atomic E-state index is 12.2. The first kappa shape index (κ1) is 37.7. The van der Waals surface area contributed by atoms with Crippen molar-refractivity contribution in [2.24, 2.45) is 0 Å². The minimum Gasteiger partial charge on any atom is -0.382 e. The molecule has 0 aromatic carbocycles. The molecular formula is C30H63NO6P+. The molecule has 2 atom stereocenters. The van der Waals surface area contributed by atoms with E-state index < -0.39 is 13.9 Å². The van der Waals surface area contributed by atoms with Gasteiger partial charge in [0.05, 0.1) is 34.4 Å². The van der Waals surface area contributed by atoms with Gasteiger partial charge < -0.3 is 18.9 Å². The first-order valence-corrected chi connectivity index (χ1v) is 16.9. The van der Waals surface area contributed by atoms with Crippen LogP contribution in [0.1, 0.15) is 116 Å². The van der Waals surface area contributed by atoms with Gasteiger partial charge in [-0.25, -0.2) is 4.57 Å². The molecule has 0 radical (unpaired) electrons. The van der Waals surface area contributed by atoms with E-state index in [1.807, 2.05) is 21.1 Å². The normalized spacial score (nSPS) is 14.8. The average molecular weight is 565 g/mol. The Morgan fingerprint density at radius 3 is 1.74 bits per heavy atom. The summed E-state index contributed by atoms with van der Waals surface area (Å²) < 4.78 is 34.0. The molecular weight excluding hydrogens is 501 g/mol. The standard InChI is InChI=1S/C30H62NO6P/c1-6-7-8-9-10-11-12-13-14-15-16-17-18-19-20-21-22-23-24-26-35-29-30(28-34-5)37-38(32,33)36-27-25-31(2,3)4/h15-16,30H,6-14,17-29H2,1-5H3/p+1/t30-/m0/s1. The van der Waals surface area contributed by atoms with Gasteiger partial charge in [-0.15, -0.1) is 0 Å². The fourth-order valence-electron chi connectivity index (χ4n) is 4.14. The van der Waals surface area contributed by atoms with Gasteiger partial charge in [-0.2, -0.15) is 0 Å². The van der Waals surface area contributed by atoms with Crippen LogP contribution in [0.2, 0.25) is 0 Å². The molecule has 0 spiro atoms. The zero-order valence-corrected chi connectivity index (χ0v) is 26.6. The van der Waals surface area contributed by atoms with Crippen molar-refractivity contribution in [3.8, 4) is 0 Å². The monoisotopic (exact) mass is 564 g/mol. The van der Waals surface area contributed by atoms with Gasteiger partial charge in [0.2, 0.25) is 0 Å². The summed E-state index contributed by atoms with van der Waals surface area (Å²) in [6.07, 6.45) is 26.3. The smallest absolute Gasteiger partial charge is 0.382 e. The number of unbranched alkanes of at least 4 members (excludes halogenated alkanes) is 15.